The topological polar surface area (TPSA) is 101 Å². The molecule has 0 spiro atoms. The van der Waals surface area contributed by atoms with Gasteiger partial charge in [-0.3, -0.25) is 0 Å². The molecule has 0 unspecified atom stereocenters. The number of carbonyl (C=O) groups is 1. The number of aryl methyl sites for hydroxylation is 2. The number of aromatic nitrogens is 4. The van der Waals surface area contributed by atoms with E-state index in [0.29, 0.717) is 34.8 Å². The lowest BCUT2D eigenvalue weighted by Crippen LogP contribution is -2.03. The van der Waals surface area contributed by atoms with E-state index in [4.69, 9.17) is 5.11 Å². The van der Waals surface area contributed by atoms with Crippen molar-refractivity contribution in [1.29, 1.82) is 0 Å². The molecule has 0 aliphatic rings. The second-order valence-electron chi connectivity index (χ2n) is 5.06. The number of nitrogens with one attached hydrogen (secondary N) is 1. The van der Waals surface area contributed by atoms with E-state index in [2.05, 4.69) is 25.3 Å². The highest BCUT2D eigenvalue weighted by Crippen LogP contribution is 2.24. The zero-order valence-electron chi connectivity index (χ0n) is 12.7. The Balaban J connectivity index is 2.08. The number of rotatable bonds is 4. The normalized spacial score (nSPS) is 10.7. The van der Waals surface area contributed by atoms with Crippen LogP contribution < -0.4 is 5.32 Å². The van der Waals surface area contributed by atoms with Gasteiger partial charge in [0.25, 0.3) is 0 Å². The summed E-state index contributed by atoms with van der Waals surface area (Å²) in [5.41, 5.74) is 3.03. The maximum atomic E-state index is 11.1. The van der Waals surface area contributed by atoms with Crippen LogP contribution in [0.3, 0.4) is 0 Å². The van der Waals surface area contributed by atoms with Gasteiger partial charge < -0.3 is 10.4 Å². The summed E-state index contributed by atoms with van der Waals surface area (Å²) in [7, 11) is 0. The van der Waals surface area contributed by atoms with Gasteiger partial charge in [0.15, 0.2) is 5.82 Å². The molecule has 3 aromatic rings. The summed E-state index contributed by atoms with van der Waals surface area (Å²) in [5, 5.41) is 12.3. The molecule has 0 saturated carbocycles. The zero-order chi connectivity index (χ0) is 16.4. The highest BCUT2D eigenvalue weighted by Gasteiger charge is 2.11. The van der Waals surface area contributed by atoms with Crippen molar-refractivity contribution < 1.29 is 9.90 Å². The number of benzene rings is 1. The summed E-state index contributed by atoms with van der Waals surface area (Å²) in [5.74, 6) is 0.250. The minimum Gasteiger partial charge on any atom is -0.478 e. The van der Waals surface area contributed by atoms with Crippen molar-refractivity contribution in [3.63, 3.8) is 0 Å². The number of fused-ring (bicyclic) bond motifs is 1. The van der Waals surface area contributed by atoms with Crippen molar-refractivity contribution in [2.75, 3.05) is 5.32 Å². The van der Waals surface area contributed by atoms with Crippen LogP contribution in [0.25, 0.3) is 11.0 Å². The number of hydrogen-bond acceptors (Lipinski definition) is 6. The van der Waals surface area contributed by atoms with Gasteiger partial charge in [0.2, 0.25) is 0 Å². The Morgan fingerprint density at radius 1 is 1.26 bits per heavy atom. The quantitative estimate of drug-likeness (QED) is 0.764. The summed E-state index contributed by atoms with van der Waals surface area (Å²) in [6.45, 7) is 3.86. The maximum absolute atomic E-state index is 11.1. The Bertz CT molecular complexity index is 895. The average molecular weight is 309 g/mol. The molecular weight excluding hydrogens is 294 g/mol. The molecule has 2 N–H and O–H groups in total. The van der Waals surface area contributed by atoms with E-state index in [1.54, 1.807) is 24.4 Å². The molecule has 2 aromatic heterocycles. The van der Waals surface area contributed by atoms with E-state index in [1.165, 1.54) is 6.33 Å². The second-order valence-corrected chi connectivity index (χ2v) is 5.06. The standard InChI is InChI=1S/C16H15N5O2/c1-3-13-17-7-12-14(21-13)15(19-8-18-12)20-11-6-10(16(22)23)5-4-9(11)2/h4-8H,3H2,1-2H3,(H,22,23)(H,18,19,20). The van der Waals surface area contributed by atoms with Gasteiger partial charge in [-0.25, -0.2) is 24.7 Å². The third kappa shape index (κ3) is 2.94. The monoisotopic (exact) mass is 309 g/mol. The van der Waals surface area contributed by atoms with E-state index in [9.17, 15) is 4.79 Å². The molecule has 7 nitrogen and oxygen atoms in total. The molecule has 0 bridgehead atoms. The Morgan fingerprint density at radius 2 is 2.09 bits per heavy atom. The van der Waals surface area contributed by atoms with Gasteiger partial charge >= 0.3 is 5.97 Å². The molecule has 2 heterocycles. The molecule has 7 heteroatoms. The molecule has 0 saturated heterocycles. The predicted octanol–water partition coefficient (Wildman–Crippen LogP) is 2.73. The van der Waals surface area contributed by atoms with Crippen molar-refractivity contribution in [3.8, 4) is 0 Å². The number of carboxylic acid groups (broad SMARTS) is 1. The van der Waals surface area contributed by atoms with Crippen LogP contribution in [0.4, 0.5) is 11.5 Å². The fraction of sp³-hybridized carbons (Fsp3) is 0.188. The fourth-order valence-electron chi connectivity index (χ4n) is 2.17. The van der Waals surface area contributed by atoms with E-state index >= 15 is 0 Å². The van der Waals surface area contributed by atoms with Crippen LogP contribution in [0.2, 0.25) is 0 Å². The van der Waals surface area contributed by atoms with Crippen LogP contribution in [0.15, 0.2) is 30.7 Å². The zero-order valence-corrected chi connectivity index (χ0v) is 12.7. The Labute approximate surface area is 132 Å². The number of nitrogens with zero attached hydrogens (tertiary/aromatic N) is 4. The fourth-order valence-corrected chi connectivity index (χ4v) is 2.17. The summed E-state index contributed by atoms with van der Waals surface area (Å²) in [4.78, 5) is 28.2. The molecule has 116 valence electrons. The largest absolute Gasteiger partial charge is 0.478 e. The smallest absolute Gasteiger partial charge is 0.335 e. The summed E-state index contributed by atoms with van der Waals surface area (Å²) >= 11 is 0. The Hall–Kier alpha value is -3.09. The predicted molar refractivity (Wildman–Crippen MR) is 85.9 cm³/mol. The highest BCUT2D eigenvalue weighted by molar-refractivity contribution is 5.91. The third-order valence-electron chi connectivity index (χ3n) is 3.48. The van der Waals surface area contributed by atoms with Crippen LogP contribution in [-0.4, -0.2) is 31.0 Å². The van der Waals surface area contributed by atoms with Gasteiger partial charge in [-0.15, -0.1) is 0 Å². The highest BCUT2D eigenvalue weighted by atomic mass is 16.4. The van der Waals surface area contributed by atoms with E-state index in [1.807, 2.05) is 13.8 Å². The lowest BCUT2D eigenvalue weighted by atomic mass is 10.1. The second kappa shape index (κ2) is 5.96. The van der Waals surface area contributed by atoms with Gasteiger partial charge in [0.1, 0.15) is 23.2 Å². The van der Waals surface area contributed by atoms with Crippen molar-refractivity contribution in [2.45, 2.75) is 20.3 Å². The minimum absolute atomic E-state index is 0.209. The molecule has 0 aliphatic heterocycles. The SMILES string of the molecule is CCc1ncc2ncnc(Nc3cc(C(=O)O)ccc3C)c2n1. The Kier molecular flexibility index (Phi) is 3.84. The third-order valence-corrected chi connectivity index (χ3v) is 3.48. The van der Waals surface area contributed by atoms with Crippen LogP contribution in [-0.2, 0) is 6.42 Å². The minimum atomic E-state index is -0.976. The first-order chi connectivity index (χ1) is 11.1. The van der Waals surface area contributed by atoms with E-state index in [0.717, 1.165) is 5.56 Å². The van der Waals surface area contributed by atoms with Crippen LogP contribution >= 0.6 is 0 Å². The summed E-state index contributed by atoms with van der Waals surface area (Å²) in [6, 6.07) is 4.90. The molecule has 3 rings (SSSR count). The van der Waals surface area contributed by atoms with Crippen molar-refractivity contribution in [3.05, 3.63) is 47.7 Å². The lowest BCUT2D eigenvalue weighted by molar-refractivity contribution is 0.0697. The van der Waals surface area contributed by atoms with E-state index < -0.39 is 5.97 Å². The maximum Gasteiger partial charge on any atom is 0.335 e. The van der Waals surface area contributed by atoms with Crippen molar-refractivity contribution >= 4 is 28.5 Å². The first-order valence-electron chi connectivity index (χ1n) is 7.16. The van der Waals surface area contributed by atoms with Crippen LogP contribution in [0, 0.1) is 6.92 Å². The van der Waals surface area contributed by atoms with Crippen molar-refractivity contribution in [1.82, 2.24) is 19.9 Å². The summed E-state index contributed by atoms with van der Waals surface area (Å²) < 4.78 is 0. The number of carboxylic acids is 1. The molecule has 0 amide bonds. The van der Waals surface area contributed by atoms with Gasteiger partial charge in [-0.2, -0.15) is 0 Å². The molecule has 1 aromatic carbocycles. The summed E-state index contributed by atoms with van der Waals surface area (Å²) in [6.07, 6.45) is 3.79. The molecule has 0 atom stereocenters. The van der Waals surface area contributed by atoms with Gasteiger partial charge in [0.05, 0.1) is 11.8 Å². The van der Waals surface area contributed by atoms with Gasteiger partial charge in [-0.05, 0) is 24.6 Å². The molecule has 23 heavy (non-hydrogen) atoms. The molecule has 0 radical (unpaired) electrons. The first kappa shape index (κ1) is 14.8. The average Bonchev–Trinajstić information content (AvgIpc) is 2.56. The molecule has 0 fully saturated rings. The van der Waals surface area contributed by atoms with Crippen molar-refractivity contribution in [2.24, 2.45) is 0 Å². The molecular formula is C16H15N5O2. The van der Waals surface area contributed by atoms with E-state index in [-0.39, 0.29) is 5.56 Å². The number of aromatic carboxylic acids is 1. The van der Waals surface area contributed by atoms with Crippen LogP contribution in [0.1, 0.15) is 28.7 Å². The molecule has 0 aliphatic carbocycles. The Morgan fingerprint density at radius 3 is 2.83 bits per heavy atom. The number of anilines is 2. The van der Waals surface area contributed by atoms with Crippen LogP contribution in [0.5, 0.6) is 0 Å². The van der Waals surface area contributed by atoms with Gasteiger partial charge in [-0.1, -0.05) is 13.0 Å². The number of hydrogen-bond donors (Lipinski definition) is 2. The first-order valence-corrected chi connectivity index (χ1v) is 7.16. The van der Waals surface area contributed by atoms with Gasteiger partial charge in [0, 0.05) is 12.1 Å². The lowest BCUT2D eigenvalue weighted by Gasteiger charge is -2.11.